The van der Waals surface area contributed by atoms with Crippen LogP contribution in [0.15, 0.2) is 35.7 Å². The molecule has 24 heavy (non-hydrogen) atoms. The van der Waals surface area contributed by atoms with E-state index in [1.165, 1.54) is 17.7 Å². The SMILES string of the molecule is O=C1CCn2c(N3CCC(c4cccs4)CC3)nc3cccc1c32. The van der Waals surface area contributed by atoms with Crippen molar-refractivity contribution in [2.45, 2.75) is 31.7 Å². The maximum atomic E-state index is 12.2. The zero-order valence-electron chi connectivity index (χ0n) is 13.4. The van der Waals surface area contributed by atoms with Crippen LogP contribution in [0.3, 0.4) is 0 Å². The molecule has 4 heterocycles. The average molecular weight is 337 g/mol. The zero-order chi connectivity index (χ0) is 16.1. The summed E-state index contributed by atoms with van der Waals surface area (Å²) in [6.45, 7) is 2.83. The van der Waals surface area contributed by atoms with Gasteiger partial charge in [-0.15, -0.1) is 11.3 Å². The van der Waals surface area contributed by atoms with E-state index in [0.717, 1.165) is 42.2 Å². The Morgan fingerprint density at radius 3 is 2.75 bits per heavy atom. The number of ketones is 1. The number of Topliss-reactive ketones (excluding diaryl/α,β-unsaturated/α-hetero) is 1. The summed E-state index contributed by atoms with van der Waals surface area (Å²) in [7, 11) is 0. The molecular formula is C19H19N3OS. The molecule has 2 aliphatic rings. The number of aryl methyl sites for hydroxylation is 1. The summed E-state index contributed by atoms with van der Waals surface area (Å²) in [6.07, 6.45) is 2.94. The third-order valence-electron chi connectivity index (χ3n) is 5.33. The Bertz CT molecular complexity index is 904. The molecule has 1 fully saturated rings. The number of aromatic nitrogens is 2. The van der Waals surface area contributed by atoms with Crippen molar-refractivity contribution in [2.75, 3.05) is 18.0 Å². The van der Waals surface area contributed by atoms with E-state index in [9.17, 15) is 4.79 Å². The van der Waals surface area contributed by atoms with Gasteiger partial charge < -0.3 is 9.47 Å². The molecule has 0 atom stereocenters. The number of anilines is 1. The number of para-hydroxylation sites is 1. The number of rotatable bonds is 2. The quantitative estimate of drug-likeness (QED) is 0.707. The fourth-order valence-electron chi connectivity index (χ4n) is 4.09. The average Bonchev–Trinajstić information content (AvgIpc) is 3.27. The summed E-state index contributed by atoms with van der Waals surface area (Å²) in [5, 5.41) is 2.17. The summed E-state index contributed by atoms with van der Waals surface area (Å²) in [5.74, 6) is 1.98. The van der Waals surface area contributed by atoms with E-state index < -0.39 is 0 Å². The van der Waals surface area contributed by atoms with Gasteiger partial charge in [0.05, 0.1) is 11.0 Å². The lowest BCUT2D eigenvalue weighted by molar-refractivity contribution is 0.0973. The third-order valence-corrected chi connectivity index (χ3v) is 6.37. The number of piperidine rings is 1. The minimum Gasteiger partial charge on any atom is -0.342 e. The van der Waals surface area contributed by atoms with Gasteiger partial charge in [0.15, 0.2) is 5.78 Å². The first-order valence-corrected chi connectivity index (χ1v) is 9.50. The molecule has 0 N–H and O–H groups in total. The molecule has 0 aliphatic carbocycles. The van der Waals surface area contributed by atoms with E-state index in [-0.39, 0.29) is 5.78 Å². The summed E-state index contributed by atoms with van der Waals surface area (Å²) < 4.78 is 2.26. The van der Waals surface area contributed by atoms with Crippen LogP contribution in [-0.4, -0.2) is 28.4 Å². The number of imidazole rings is 1. The zero-order valence-corrected chi connectivity index (χ0v) is 14.3. The number of carbonyl (C=O) groups excluding carboxylic acids is 1. The number of thiophene rings is 1. The number of benzene rings is 1. The lowest BCUT2D eigenvalue weighted by atomic mass is 9.95. The summed E-state index contributed by atoms with van der Waals surface area (Å²) in [4.78, 5) is 21.0. The Morgan fingerprint density at radius 2 is 1.96 bits per heavy atom. The Labute approximate surface area is 144 Å². The Balaban J connectivity index is 1.47. The fraction of sp³-hybridized carbons (Fsp3) is 0.368. The van der Waals surface area contributed by atoms with Gasteiger partial charge in [0.1, 0.15) is 0 Å². The number of carbonyl (C=O) groups is 1. The highest BCUT2D eigenvalue weighted by Gasteiger charge is 2.28. The molecule has 5 rings (SSSR count). The number of hydrogen-bond acceptors (Lipinski definition) is 4. The van der Waals surface area contributed by atoms with Crippen molar-refractivity contribution in [1.29, 1.82) is 0 Å². The van der Waals surface area contributed by atoms with Gasteiger partial charge in [-0.3, -0.25) is 4.79 Å². The first kappa shape index (κ1) is 14.2. The minimum atomic E-state index is 0.246. The minimum absolute atomic E-state index is 0.246. The molecular weight excluding hydrogens is 318 g/mol. The molecule has 3 aromatic rings. The molecule has 0 radical (unpaired) electrons. The largest absolute Gasteiger partial charge is 0.342 e. The highest BCUT2D eigenvalue weighted by atomic mass is 32.1. The topological polar surface area (TPSA) is 38.1 Å². The number of hydrogen-bond donors (Lipinski definition) is 0. The van der Waals surface area contributed by atoms with Gasteiger partial charge in [-0.05, 0) is 42.3 Å². The molecule has 0 unspecified atom stereocenters. The van der Waals surface area contributed by atoms with Crippen LogP contribution in [0, 0.1) is 0 Å². The van der Waals surface area contributed by atoms with Gasteiger partial charge >= 0.3 is 0 Å². The summed E-state index contributed by atoms with van der Waals surface area (Å²) >= 11 is 1.87. The second-order valence-corrected chi connectivity index (χ2v) is 7.67. The fourth-order valence-corrected chi connectivity index (χ4v) is 4.99. The second kappa shape index (κ2) is 5.45. The van der Waals surface area contributed by atoms with Gasteiger partial charge in [-0.2, -0.15) is 0 Å². The van der Waals surface area contributed by atoms with Crippen molar-refractivity contribution >= 4 is 34.1 Å². The number of nitrogens with zero attached hydrogens (tertiary/aromatic N) is 3. The van der Waals surface area contributed by atoms with Crippen molar-refractivity contribution in [3.05, 3.63) is 46.2 Å². The predicted molar refractivity (Wildman–Crippen MR) is 97.2 cm³/mol. The van der Waals surface area contributed by atoms with Crippen molar-refractivity contribution < 1.29 is 4.79 Å². The van der Waals surface area contributed by atoms with Gasteiger partial charge in [0, 0.05) is 36.5 Å². The molecule has 2 aliphatic heterocycles. The lowest BCUT2D eigenvalue weighted by Gasteiger charge is -2.33. The van der Waals surface area contributed by atoms with Crippen LogP contribution in [-0.2, 0) is 6.54 Å². The first-order valence-electron chi connectivity index (χ1n) is 8.62. The van der Waals surface area contributed by atoms with Gasteiger partial charge in [-0.25, -0.2) is 4.98 Å². The van der Waals surface area contributed by atoms with E-state index in [4.69, 9.17) is 4.98 Å². The van der Waals surface area contributed by atoms with Gasteiger partial charge in [-0.1, -0.05) is 12.1 Å². The molecule has 0 amide bonds. The molecule has 0 bridgehead atoms. The predicted octanol–water partition coefficient (Wildman–Crippen LogP) is 4.07. The van der Waals surface area contributed by atoms with Crippen LogP contribution in [0.25, 0.3) is 11.0 Å². The van der Waals surface area contributed by atoms with Gasteiger partial charge in [0.25, 0.3) is 0 Å². The first-order chi connectivity index (χ1) is 11.8. The smallest absolute Gasteiger partial charge is 0.206 e. The van der Waals surface area contributed by atoms with Gasteiger partial charge in [0.2, 0.25) is 5.95 Å². The molecule has 0 spiro atoms. The van der Waals surface area contributed by atoms with Crippen molar-refractivity contribution in [1.82, 2.24) is 9.55 Å². The standard InChI is InChI=1S/C19H19N3OS/c23-16-8-11-22-18-14(16)3-1-4-15(18)20-19(22)21-9-6-13(7-10-21)17-5-2-12-24-17/h1-5,12-13H,6-11H2. The Morgan fingerprint density at radius 1 is 1.08 bits per heavy atom. The summed E-state index contributed by atoms with van der Waals surface area (Å²) in [5.41, 5.74) is 2.83. The molecule has 122 valence electrons. The Hall–Kier alpha value is -2.14. The highest BCUT2D eigenvalue weighted by Crippen LogP contribution is 2.35. The molecule has 0 saturated carbocycles. The van der Waals surface area contributed by atoms with E-state index in [1.54, 1.807) is 0 Å². The molecule has 1 aromatic carbocycles. The van der Waals surface area contributed by atoms with E-state index in [0.29, 0.717) is 12.3 Å². The molecule has 2 aromatic heterocycles. The monoisotopic (exact) mass is 337 g/mol. The van der Waals surface area contributed by atoms with Crippen LogP contribution in [0.2, 0.25) is 0 Å². The molecule has 1 saturated heterocycles. The van der Waals surface area contributed by atoms with E-state index in [2.05, 4.69) is 27.0 Å². The van der Waals surface area contributed by atoms with Crippen LogP contribution < -0.4 is 4.90 Å². The Kier molecular flexibility index (Phi) is 3.23. The lowest BCUT2D eigenvalue weighted by Crippen LogP contribution is -2.35. The maximum Gasteiger partial charge on any atom is 0.206 e. The van der Waals surface area contributed by atoms with Crippen LogP contribution in [0.5, 0.6) is 0 Å². The van der Waals surface area contributed by atoms with Crippen LogP contribution >= 0.6 is 11.3 Å². The summed E-state index contributed by atoms with van der Waals surface area (Å²) in [6, 6.07) is 10.3. The van der Waals surface area contributed by atoms with Crippen molar-refractivity contribution in [3.8, 4) is 0 Å². The van der Waals surface area contributed by atoms with E-state index in [1.807, 2.05) is 29.5 Å². The van der Waals surface area contributed by atoms with Crippen LogP contribution in [0.1, 0.15) is 40.4 Å². The third kappa shape index (κ3) is 2.11. The van der Waals surface area contributed by atoms with Crippen molar-refractivity contribution in [2.24, 2.45) is 0 Å². The highest BCUT2D eigenvalue weighted by molar-refractivity contribution is 7.10. The molecule has 4 nitrogen and oxygen atoms in total. The molecule has 5 heteroatoms. The van der Waals surface area contributed by atoms with Crippen LogP contribution in [0.4, 0.5) is 5.95 Å². The van der Waals surface area contributed by atoms with E-state index >= 15 is 0 Å². The van der Waals surface area contributed by atoms with Crippen molar-refractivity contribution in [3.63, 3.8) is 0 Å². The second-order valence-electron chi connectivity index (χ2n) is 6.69. The normalized spacial score (nSPS) is 18.5. The maximum absolute atomic E-state index is 12.2.